The van der Waals surface area contributed by atoms with E-state index >= 15 is 0 Å². The van der Waals surface area contributed by atoms with E-state index in [-0.39, 0.29) is 19.3 Å². The van der Waals surface area contributed by atoms with Crippen molar-refractivity contribution in [3.05, 3.63) is 65.2 Å². The molecule has 2 aromatic carbocycles. The maximum absolute atomic E-state index is 10.5. The van der Waals surface area contributed by atoms with Gasteiger partial charge in [0.1, 0.15) is 18.1 Å². The average molecular weight is 468 g/mol. The number of para-hydroxylation sites is 1. The second-order valence-electron chi connectivity index (χ2n) is 8.05. The molecule has 1 heterocycles. The fraction of sp³-hybridized carbons (Fsp3) is 0.346. The third kappa shape index (κ3) is 6.59. The van der Waals surface area contributed by atoms with Gasteiger partial charge < -0.3 is 14.6 Å². The molecule has 0 saturated carbocycles. The Labute approximate surface area is 200 Å². The zero-order valence-electron chi connectivity index (χ0n) is 19.2. The lowest BCUT2D eigenvalue weighted by Gasteiger charge is -2.29. The summed E-state index contributed by atoms with van der Waals surface area (Å²) in [4.78, 5) is 2.16. The van der Waals surface area contributed by atoms with Gasteiger partial charge in [-0.2, -0.15) is 5.10 Å². The van der Waals surface area contributed by atoms with E-state index in [0.717, 1.165) is 16.8 Å². The third-order valence-corrected chi connectivity index (χ3v) is 5.52. The minimum atomic E-state index is -0.675. The van der Waals surface area contributed by atoms with E-state index in [1.165, 1.54) is 0 Å². The van der Waals surface area contributed by atoms with E-state index in [1.807, 2.05) is 55.6 Å². The van der Waals surface area contributed by atoms with E-state index in [1.54, 1.807) is 10.7 Å². The number of aromatic nitrogens is 2. The van der Waals surface area contributed by atoms with E-state index in [0.29, 0.717) is 29.7 Å². The van der Waals surface area contributed by atoms with Crippen LogP contribution >= 0.6 is 11.6 Å². The third-order valence-electron chi connectivity index (χ3n) is 5.21. The van der Waals surface area contributed by atoms with Crippen molar-refractivity contribution >= 4 is 11.6 Å². The van der Waals surface area contributed by atoms with Crippen molar-refractivity contribution in [2.24, 2.45) is 7.05 Å². The van der Waals surface area contributed by atoms with Gasteiger partial charge in [0.05, 0.1) is 23.3 Å². The molecule has 0 saturated heterocycles. The highest BCUT2D eigenvalue weighted by Crippen LogP contribution is 2.36. The Balaban J connectivity index is 1.96. The molecule has 1 atom stereocenters. The van der Waals surface area contributed by atoms with Gasteiger partial charge in [-0.1, -0.05) is 60.0 Å². The van der Waals surface area contributed by atoms with Crippen molar-refractivity contribution in [2.75, 3.05) is 19.8 Å². The predicted octanol–water partition coefficient (Wildman–Crippen LogP) is 4.75. The van der Waals surface area contributed by atoms with E-state index in [9.17, 15) is 5.11 Å². The molecule has 0 aliphatic carbocycles. The summed E-state index contributed by atoms with van der Waals surface area (Å²) in [5.74, 6) is 3.58. The van der Waals surface area contributed by atoms with Crippen molar-refractivity contribution in [3.63, 3.8) is 0 Å². The molecule has 0 aliphatic rings. The number of nitrogens with zero attached hydrogens (tertiary/aromatic N) is 3. The molecule has 0 unspecified atom stereocenters. The summed E-state index contributed by atoms with van der Waals surface area (Å²) >= 11 is 6.36. The van der Waals surface area contributed by atoms with Crippen molar-refractivity contribution in [2.45, 2.75) is 32.5 Å². The van der Waals surface area contributed by atoms with Crippen LogP contribution in [0.25, 0.3) is 11.3 Å². The lowest BCUT2D eigenvalue weighted by molar-refractivity contribution is 0.0191. The smallest absolute Gasteiger partial charge is 0.222 e. The van der Waals surface area contributed by atoms with Crippen LogP contribution in [0.2, 0.25) is 5.02 Å². The zero-order valence-corrected chi connectivity index (χ0v) is 20.0. The van der Waals surface area contributed by atoms with Crippen molar-refractivity contribution in [1.29, 1.82) is 0 Å². The number of aliphatic hydroxyl groups is 1. The summed E-state index contributed by atoms with van der Waals surface area (Å²) in [6, 6.07) is 17.5. The molecule has 0 radical (unpaired) electrons. The fourth-order valence-electron chi connectivity index (χ4n) is 3.52. The highest BCUT2D eigenvalue weighted by Gasteiger charge is 2.25. The Kier molecular flexibility index (Phi) is 8.93. The van der Waals surface area contributed by atoms with Crippen molar-refractivity contribution in [1.82, 2.24) is 14.7 Å². The number of hydrogen-bond donors (Lipinski definition) is 1. The summed E-state index contributed by atoms with van der Waals surface area (Å²) < 4.78 is 13.3. The number of benzene rings is 2. The van der Waals surface area contributed by atoms with Gasteiger partial charge >= 0.3 is 0 Å². The first-order chi connectivity index (χ1) is 15.9. The predicted molar refractivity (Wildman–Crippen MR) is 131 cm³/mol. The van der Waals surface area contributed by atoms with Crippen LogP contribution in [-0.2, 0) is 18.3 Å². The number of halogens is 1. The summed E-state index contributed by atoms with van der Waals surface area (Å²) in [5, 5.41) is 15.8. The lowest BCUT2D eigenvalue weighted by atomic mass is 10.1. The standard InChI is InChI=1S/C26H30ClN3O3/c1-5-15-32-18-21(31)16-30(19(2)3)17-22-25(20-11-7-6-8-12-20)28-29(4)26(22)33-24-14-10-9-13-23(24)27/h1,6-14,19,21,31H,15-18H2,2-4H3/t21-/m1/s1. The topological polar surface area (TPSA) is 59.8 Å². The van der Waals surface area contributed by atoms with Crippen LogP contribution in [0, 0.1) is 12.3 Å². The van der Waals surface area contributed by atoms with Gasteiger partial charge in [-0.3, -0.25) is 4.90 Å². The number of terminal acetylenes is 1. The Morgan fingerprint density at radius 2 is 1.85 bits per heavy atom. The molecule has 1 aromatic heterocycles. The molecular weight excluding hydrogens is 438 g/mol. The second kappa shape index (κ2) is 11.9. The number of rotatable bonds is 11. The minimum absolute atomic E-state index is 0.157. The molecule has 0 aliphatic heterocycles. The van der Waals surface area contributed by atoms with E-state index in [4.69, 9.17) is 32.6 Å². The van der Waals surface area contributed by atoms with Gasteiger partial charge in [-0.15, -0.1) is 6.42 Å². The minimum Gasteiger partial charge on any atom is -0.437 e. The van der Waals surface area contributed by atoms with Crippen LogP contribution in [-0.4, -0.2) is 51.7 Å². The molecule has 0 fully saturated rings. The van der Waals surface area contributed by atoms with E-state index in [2.05, 4.69) is 24.7 Å². The zero-order chi connectivity index (χ0) is 23.8. The van der Waals surface area contributed by atoms with Crippen LogP contribution < -0.4 is 4.74 Å². The molecule has 0 amide bonds. The quantitative estimate of drug-likeness (QED) is 0.325. The monoisotopic (exact) mass is 467 g/mol. The van der Waals surface area contributed by atoms with Gasteiger partial charge in [-0.25, -0.2) is 4.68 Å². The van der Waals surface area contributed by atoms with Gasteiger partial charge in [0, 0.05) is 31.7 Å². The lowest BCUT2D eigenvalue weighted by Crippen LogP contribution is -2.39. The molecule has 3 aromatic rings. The summed E-state index contributed by atoms with van der Waals surface area (Å²) in [6.45, 7) is 5.45. The van der Waals surface area contributed by atoms with Gasteiger partial charge in [-0.05, 0) is 26.0 Å². The molecule has 0 spiro atoms. The van der Waals surface area contributed by atoms with Crippen LogP contribution in [0.1, 0.15) is 19.4 Å². The first kappa shape index (κ1) is 24.8. The second-order valence-corrected chi connectivity index (χ2v) is 8.46. The first-order valence-corrected chi connectivity index (χ1v) is 11.3. The average Bonchev–Trinajstić information content (AvgIpc) is 3.10. The number of hydrogen-bond acceptors (Lipinski definition) is 5. The van der Waals surface area contributed by atoms with Crippen LogP contribution in [0.15, 0.2) is 54.6 Å². The molecule has 6 nitrogen and oxygen atoms in total. The normalized spacial score (nSPS) is 12.2. The van der Waals surface area contributed by atoms with Crippen molar-refractivity contribution in [3.8, 4) is 35.2 Å². The van der Waals surface area contributed by atoms with Gasteiger partial charge in [0.2, 0.25) is 5.88 Å². The SMILES string of the molecule is C#CCOC[C@H](O)CN(Cc1c(-c2ccccc2)nn(C)c1Oc1ccccc1Cl)C(C)C. The largest absolute Gasteiger partial charge is 0.437 e. The Morgan fingerprint density at radius 3 is 2.52 bits per heavy atom. The van der Waals surface area contributed by atoms with Gasteiger partial charge in [0.25, 0.3) is 0 Å². The molecule has 7 heteroatoms. The van der Waals surface area contributed by atoms with Gasteiger partial charge in [0.15, 0.2) is 0 Å². The molecule has 0 bridgehead atoms. The fourth-order valence-corrected chi connectivity index (χ4v) is 3.69. The molecule has 174 valence electrons. The van der Waals surface area contributed by atoms with E-state index < -0.39 is 6.10 Å². The first-order valence-electron chi connectivity index (χ1n) is 10.9. The Hall–Kier alpha value is -2.82. The van der Waals surface area contributed by atoms with Crippen LogP contribution in [0.4, 0.5) is 0 Å². The summed E-state index contributed by atoms with van der Waals surface area (Å²) in [6.07, 6.45) is 4.56. The molecule has 33 heavy (non-hydrogen) atoms. The maximum Gasteiger partial charge on any atom is 0.222 e. The Morgan fingerprint density at radius 1 is 1.15 bits per heavy atom. The number of aryl methyl sites for hydroxylation is 1. The molecule has 1 N–H and O–H groups in total. The maximum atomic E-state index is 10.5. The van der Waals surface area contributed by atoms with Crippen molar-refractivity contribution < 1.29 is 14.6 Å². The summed E-state index contributed by atoms with van der Waals surface area (Å²) in [7, 11) is 1.85. The highest BCUT2D eigenvalue weighted by molar-refractivity contribution is 6.32. The highest BCUT2D eigenvalue weighted by atomic mass is 35.5. The Bertz CT molecular complexity index is 1080. The number of aliphatic hydroxyl groups excluding tert-OH is 1. The van der Waals surface area contributed by atoms with Crippen LogP contribution in [0.5, 0.6) is 11.6 Å². The van der Waals surface area contributed by atoms with Crippen LogP contribution in [0.3, 0.4) is 0 Å². The molecular formula is C26H30ClN3O3. The number of ether oxygens (including phenoxy) is 2. The molecule has 3 rings (SSSR count). The summed E-state index contributed by atoms with van der Waals surface area (Å²) in [5.41, 5.74) is 2.72.